The first-order valence-corrected chi connectivity index (χ1v) is 7.98. The van der Waals surface area contributed by atoms with Crippen LogP contribution >= 0.6 is 15.9 Å². The predicted molar refractivity (Wildman–Crippen MR) is 87.2 cm³/mol. The Morgan fingerprint density at radius 1 is 1.14 bits per heavy atom. The number of aryl methyl sites for hydroxylation is 2. The van der Waals surface area contributed by atoms with E-state index < -0.39 is 0 Å². The molecule has 0 N–H and O–H groups in total. The summed E-state index contributed by atoms with van der Waals surface area (Å²) >= 11 is 3.48. The fourth-order valence-corrected chi connectivity index (χ4v) is 3.20. The van der Waals surface area contributed by atoms with E-state index in [0.29, 0.717) is 6.61 Å². The molecule has 110 valence electrons. The molecule has 1 aliphatic rings. The Morgan fingerprint density at radius 3 is 3.00 bits per heavy atom. The van der Waals surface area contributed by atoms with Crippen LogP contribution in [0.25, 0.3) is 5.69 Å². The second-order valence-electron chi connectivity index (χ2n) is 5.33. The maximum absolute atomic E-state index is 5.92. The number of ether oxygens (including phenoxy) is 1. The molecule has 0 radical (unpaired) electrons. The predicted octanol–water partition coefficient (Wildman–Crippen LogP) is 3.71. The molecule has 2 heterocycles. The van der Waals surface area contributed by atoms with E-state index >= 15 is 0 Å². The van der Waals surface area contributed by atoms with Crippen molar-refractivity contribution in [3.8, 4) is 11.4 Å². The van der Waals surface area contributed by atoms with Crippen molar-refractivity contribution in [1.82, 2.24) is 14.8 Å². The van der Waals surface area contributed by atoms with Gasteiger partial charge < -0.3 is 4.74 Å². The van der Waals surface area contributed by atoms with Gasteiger partial charge >= 0.3 is 0 Å². The molecule has 0 saturated heterocycles. The lowest BCUT2D eigenvalue weighted by atomic mass is 10.0. The van der Waals surface area contributed by atoms with Gasteiger partial charge in [-0.2, -0.15) is 0 Å². The van der Waals surface area contributed by atoms with E-state index in [2.05, 4.69) is 55.0 Å². The number of hydrogen-bond acceptors (Lipinski definition) is 3. The van der Waals surface area contributed by atoms with E-state index in [1.54, 1.807) is 6.33 Å². The standard InChI is InChI=1S/C17H14BrN3O/c18-14-3-1-2-12(8-14)10-22-15-5-6-16-13(9-15)4-7-17-20-19-11-21(16)17/h1-3,5-6,8-9,11H,4,7,10H2. The summed E-state index contributed by atoms with van der Waals surface area (Å²) in [6.45, 7) is 0.566. The van der Waals surface area contributed by atoms with Crippen LogP contribution in [0.5, 0.6) is 5.75 Å². The lowest BCUT2D eigenvalue weighted by molar-refractivity contribution is 0.305. The van der Waals surface area contributed by atoms with Crippen molar-refractivity contribution in [2.24, 2.45) is 0 Å². The third-order valence-corrected chi connectivity index (χ3v) is 4.33. The Labute approximate surface area is 136 Å². The van der Waals surface area contributed by atoms with Crippen LogP contribution in [-0.2, 0) is 19.4 Å². The van der Waals surface area contributed by atoms with E-state index in [4.69, 9.17) is 4.74 Å². The Balaban J connectivity index is 1.55. The molecule has 4 nitrogen and oxygen atoms in total. The molecule has 1 aromatic heterocycles. The highest BCUT2D eigenvalue weighted by atomic mass is 79.9. The highest BCUT2D eigenvalue weighted by molar-refractivity contribution is 9.10. The van der Waals surface area contributed by atoms with Crippen molar-refractivity contribution in [2.45, 2.75) is 19.4 Å². The van der Waals surface area contributed by atoms with Crippen molar-refractivity contribution in [2.75, 3.05) is 0 Å². The second-order valence-corrected chi connectivity index (χ2v) is 6.24. The van der Waals surface area contributed by atoms with Gasteiger partial charge in [0.25, 0.3) is 0 Å². The molecule has 0 amide bonds. The van der Waals surface area contributed by atoms with Crippen molar-refractivity contribution < 1.29 is 4.74 Å². The van der Waals surface area contributed by atoms with Gasteiger partial charge in [-0.3, -0.25) is 4.57 Å². The molecule has 22 heavy (non-hydrogen) atoms. The lowest BCUT2D eigenvalue weighted by Crippen LogP contribution is -2.11. The van der Waals surface area contributed by atoms with Gasteiger partial charge in [0.05, 0.1) is 5.69 Å². The first kappa shape index (κ1) is 13.5. The van der Waals surface area contributed by atoms with Crippen LogP contribution in [0.4, 0.5) is 0 Å². The van der Waals surface area contributed by atoms with Crippen molar-refractivity contribution in [3.05, 3.63) is 70.2 Å². The minimum atomic E-state index is 0.566. The number of fused-ring (bicyclic) bond motifs is 3. The van der Waals surface area contributed by atoms with Crippen LogP contribution in [0.15, 0.2) is 53.3 Å². The first-order valence-electron chi connectivity index (χ1n) is 7.19. The van der Waals surface area contributed by atoms with Crippen LogP contribution in [0.1, 0.15) is 17.0 Å². The molecule has 0 fully saturated rings. The molecule has 4 rings (SSSR count). The summed E-state index contributed by atoms with van der Waals surface area (Å²) < 4.78 is 9.04. The van der Waals surface area contributed by atoms with Gasteiger partial charge in [-0.15, -0.1) is 10.2 Å². The molecule has 2 aromatic carbocycles. The van der Waals surface area contributed by atoms with E-state index in [1.807, 2.05) is 18.2 Å². The SMILES string of the molecule is Brc1cccc(COc2ccc3c(c2)CCc2nncn2-3)c1. The zero-order chi connectivity index (χ0) is 14.9. The molecule has 0 atom stereocenters. The fraction of sp³-hybridized carbons (Fsp3) is 0.176. The van der Waals surface area contributed by atoms with Crippen LogP contribution in [0.2, 0.25) is 0 Å². The smallest absolute Gasteiger partial charge is 0.137 e. The minimum absolute atomic E-state index is 0.566. The Morgan fingerprint density at radius 2 is 2.09 bits per heavy atom. The van der Waals surface area contributed by atoms with Gasteiger partial charge in [-0.1, -0.05) is 28.1 Å². The monoisotopic (exact) mass is 355 g/mol. The largest absolute Gasteiger partial charge is 0.489 e. The van der Waals surface area contributed by atoms with Gasteiger partial charge in [0, 0.05) is 10.9 Å². The molecular formula is C17H14BrN3O. The van der Waals surface area contributed by atoms with E-state index in [1.165, 1.54) is 5.56 Å². The highest BCUT2D eigenvalue weighted by Crippen LogP contribution is 2.27. The summed E-state index contributed by atoms with van der Waals surface area (Å²) in [5.41, 5.74) is 3.58. The molecule has 5 heteroatoms. The van der Waals surface area contributed by atoms with Crippen molar-refractivity contribution in [1.29, 1.82) is 0 Å². The maximum Gasteiger partial charge on any atom is 0.137 e. The number of benzene rings is 2. The summed E-state index contributed by atoms with van der Waals surface area (Å²) in [7, 11) is 0. The van der Waals surface area contributed by atoms with Crippen LogP contribution in [0.3, 0.4) is 0 Å². The fourth-order valence-electron chi connectivity index (χ4n) is 2.76. The number of halogens is 1. The summed E-state index contributed by atoms with van der Waals surface area (Å²) in [4.78, 5) is 0. The van der Waals surface area contributed by atoms with Gasteiger partial charge in [0.15, 0.2) is 0 Å². The minimum Gasteiger partial charge on any atom is -0.489 e. The molecule has 0 saturated carbocycles. The highest BCUT2D eigenvalue weighted by Gasteiger charge is 2.17. The number of aromatic nitrogens is 3. The quantitative estimate of drug-likeness (QED) is 0.718. The van der Waals surface area contributed by atoms with Crippen molar-refractivity contribution in [3.63, 3.8) is 0 Å². The average molecular weight is 356 g/mol. The van der Waals surface area contributed by atoms with E-state index in [-0.39, 0.29) is 0 Å². The third-order valence-electron chi connectivity index (χ3n) is 3.84. The van der Waals surface area contributed by atoms with Gasteiger partial charge in [0.1, 0.15) is 24.5 Å². The molecule has 1 aliphatic heterocycles. The molecule has 3 aromatic rings. The van der Waals surface area contributed by atoms with Gasteiger partial charge in [-0.05, 0) is 47.9 Å². The first-order chi connectivity index (χ1) is 10.8. The van der Waals surface area contributed by atoms with Gasteiger partial charge in [0.2, 0.25) is 0 Å². The molecule has 0 unspecified atom stereocenters. The van der Waals surface area contributed by atoms with Crippen LogP contribution < -0.4 is 4.74 Å². The maximum atomic E-state index is 5.92. The average Bonchev–Trinajstić information content (AvgIpc) is 3.01. The number of rotatable bonds is 3. The molecular weight excluding hydrogens is 342 g/mol. The van der Waals surface area contributed by atoms with Gasteiger partial charge in [-0.25, -0.2) is 0 Å². The Bertz CT molecular complexity index is 828. The number of nitrogens with zero attached hydrogens (tertiary/aromatic N) is 3. The lowest BCUT2D eigenvalue weighted by Gasteiger charge is -2.18. The normalized spacial score (nSPS) is 12.6. The van der Waals surface area contributed by atoms with Crippen LogP contribution in [0, 0.1) is 0 Å². The van der Waals surface area contributed by atoms with Crippen LogP contribution in [-0.4, -0.2) is 14.8 Å². The van der Waals surface area contributed by atoms with E-state index in [9.17, 15) is 0 Å². The van der Waals surface area contributed by atoms with E-state index in [0.717, 1.165) is 40.1 Å². The Kier molecular flexibility index (Phi) is 3.42. The summed E-state index contributed by atoms with van der Waals surface area (Å²) in [5.74, 6) is 1.92. The number of hydrogen-bond donors (Lipinski definition) is 0. The molecule has 0 spiro atoms. The van der Waals surface area contributed by atoms with Crippen molar-refractivity contribution >= 4 is 15.9 Å². The summed E-state index contributed by atoms with van der Waals surface area (Å²) in [6, 6.07) is 14.4. The zero-order valence-electron chi connectivity index (χ0n) is 11.9. The third kappa shape index (κ3) is 2.52. The molecule has 0 bridgehead atoms. The Hall–Kier alpha value is -2.14. The summed E-state index contributed by atoms with van der Waals surface area (Å²) in [6.07, 6.45) is 3.67. The molecule has 0 aliphatic carbocycles. The second kappa shape index (κ2) is 5.57. The summed E-state index contributed by atoms with van der Waals surface area (Å²) in [5, 5.41) is 8.13. The topological polar surface area (TPSA) is 39.9 Å². The zero-order valence-corrected chi connectivity index (χ0v) is 13.5.